The molecule has 0 bridgehead atoms. The van der Waals surface area contributed by atoms with Crippen LogP contribution in [0, 0.1) is 5.13 Å². The van der Waals surface area contributed by atoms with E-state index in [0.29, 0.717) is 5.69 Å². The van der Waals surface area contributed by atoms with E-state index in [2.05, 4.69) is 15.2 Å². The Morgan fingerprint density at radius 1 is 1.09 bits per heavy atom. The van der Waals surface area contributed by atoms with E-state index in [1.165, 1.54) is 12.3 Å². The topological polar surface area (TPSA) is 41.6 Å². The van der Waals surface area contributed by atoms with Crippen molar-refractivity contribution in [3.8, 4) is 11.4 Å². The van der Waals surface area contributed by atoms with Crippen molar-refractivity contribution in [2.24, 2.45) is 0 Å². The van der Waals surface area contributed by atoms with Crippen LogP contribution in [0.15, 0.2) is 36.5 Å². The van der Waals surface area contributed by atoms with Gasteiger partial charge in [0.15, 0.2) is 10.8 Å². The number of rotatable bonds is 3. The minimum atomic E-state index is -4.50. The second-order valence-electron chi connectivity index (χ2n) is 4.61. The molecule has 1 N–H and O–H groups in total. The largest absolute Gasteiger partial charge is 0.435 e. The van der Waals surface area contributed by atoms with E-state index in [4.69, 9.17) is 0 Å². The van der Waals surface area contributed by atoms with E-state index in [1.54, 1.807) is 30.4 Å². The fraction of sp³-hybridized carbons (Fsp3) is 0.0667. The fourth-order valence-electron chi connectivity index (χ4n) is 1.89. The van der Waals surface area contributed by atoms with Gasteiger partial charge >= 0.3 is 6.18 Å². The van der Waals surface area contributed by atoms with Crippen molar-refractivity contribution in [2.75, 3.05) is 0 Å². The lowest BCUT2D eigenvalue weighted by atomic mass is 10.1. The molecule has 3 aromatic heterocycles. The highest BCUT2D eigenvalue weighted by Crippen LogP contribution is 2.30. The van der Waals surface area contributed by atoms with Crippen molar-refractivity contribution in [1.82, 2.24) is 15.2 Å². The Balaban J connectivity index is 1.85. The van der Waals surface area contributed by atoms with E-state index in [0.717, 1.165) is 27.8 Å². The summed E-state index contributed by atoms with van der Waals surface area (Å²) in [5.74, 6) is 0. The van der Waals surface area contributed by atoms with Crippen molar-refractivity contribution >= 4 is 23.5 Å². The quantitative estimate of drug-likeness (QED) is 0.692. The first kappa shape index (κ1) is 15.4. The average Bonchev–Trinajstić information content (AvgIpc) is 3.14. The van der Waals surface area contributed by atoms with Crippen LogP contribution in [0.4, 0.5) is 17.6 Å². The highest BCUT2D eigenvalue weighted by molar-refractivity contribution is 7.11. The molecule has 118 valence electrons. The lowest BCUT2D eigenvalue weighted by Gasteiger charge is -1.99. The molecule has 0 aromatic carbocycles. The molecule has 0 saturated heterocycles. The molecule has 3 rings (SSSR count). The van der Waals surface area contributed by atoms with Gasteiger partial charge in [-0.15, -0.1) is 11.3 Å². The Bertz CT molecular complexity index is 848. The first-order chi connectivity index (χ1) is 10.9. The van der Waals surface area contributed by atoms with Gasteiger partial charge in [0.2, 0.25) is 0 Å². The van der Waals surface area contributed by atoms with Crippen LogP contribution in [0.25, 0.3) is 23.5 Å². The molecule has 0 saturated carbocycles. The van der Waals surface area contributed by atoms with Crippen LogP contribution in [0.1, 0.15) is 16.1 Å². The van der Waals surface area contributed by atoms with E-state index in [9.17, 15) is 17.6 Å². The van der Waals surface area contributed by atoms with Gasteiger partial charge in [-0.3, -0.25) is 10.1 Å². The van der Waals surface area contributed by atoms with Crippen LogP contribution >= 0.6 is 11.3 Å². The molecule has 0 fully saturated rings. The minimum Gasteiger partial charge on any atom is -0.276 e. The smallest absolute Gasteiger partial charge is 0.276 e. The van der Waals surface area contributed by atoms with Gasteiger partial charge < -0.3 is 0 Å². The standard InChI is InChI=1S/C15H9F4N3S/c16-14-4-3-10(23-14)2-1-9-5-6-20-11(7-9)12-8-13(22-21-12)15(17,18)19/h1-8H,(H,21,22)/b2-1+. The summed E-state index contributed by atoms with van der Waals surface area (Å²) in [5, 5.41) is 5.29. The highest BCUT2D eigenvalue weighted by atomic mass is 32.1. The Hall–Kier alpha value is -2.48. The van der Waals surface area contributed by atoms with E-state index < -0.39 is 11.9 Å². The highest BCUT2D eigenvalue weighted by Gasteiger charge is 2.34. The minimum absolute atomic E-state index is 0.176. The maximum absolute atomic E-state index is 12.9. The van der Waals surface area contributed by atoms with Crippen molar-refractivity contribution in [3.05, 3.63) is 57.8 Å². The number of halogens is 4. The van der Waals surface area contributed by atoms with Crippen molar-refractivity contribution in [2.45, 2.75) is 6.18 Å². The lowest BCUT2D eigenvalue weighted by molar-refractivity contribution is -0.141. The molecule has 0 aliphatic carbocycles. The third-order valence-electron chi connectivity index (χ3n) is 2.96. The Morgan fingerprint density at radius 3 is 2.57 bits per heavy atom. The molecule has 0 aliphatic rings. The van der Waals surface area contributed by atoms with Crippen molar-refractivity contribution in [3.63, 3.8) is 0 Å². The zero-order chi connectivity index (χ0) is 16.4. The molecule has 3 aromatic rings. The van der Waals surface area contributed by atoms with Gasteiger partial charge in [-0.1, -0.05) is 6.08 Å². The SMILES string of the molecule is Fc1ccc(/C=C/c2ccnc(-c3cc(C(F)(F)F)n[nH]3)c2)s1. The number of hydrogen-bond donors (Lipinski definition) is 1. The number of aromatic amines is 1. The van der Waals surface area contributed by atoms with Crippen LogP contribution in [-0.2, 0) is 6.18 Å². The molecule has 3 nitrogen and oxygen atoms in total. The summed E-state index contributed by atoms with van der Waals surface area (Å²) in [6.07, 6.45) is 0.437. The number of aromatic nitrogens is 3. The molecule has 0 amide bonds. The summed E-state index contributed by atoms with van der Waals surface area (Å²) < 4.78 is 50.6. The van der Waals surface area contributed by atoms with E-state index in [1.807, 2.05) is 0 Å². The summed E-state index contributed by atoms with van der Waals surface area (Å²) in [6, 6.07) is 7.23. The number of alkyl halides is 3. The second-order valence-corrected chi connectivity index (χ2v) is 5.68. The third kappa shape index (κ3) is 3.65. The Labute approximate surface area is 132 Å². The van der Waals surface area contributed by atoms with Crippen LogP contribution in [0.3, 0.4) is 0 Å². The third-order valence-corrected chi connectivity index (χ3v) is 3.80. The molecule has 8 heteroatoms. The van der Waals surface area contributed by atoms with Gasteiger partial charge in [-0.05, 0) is 42.0 Å². The van der Waals surface area contributed by atoms with Crippen molar-refractivity contribution < 1.29 is 17.6 Å². The number of nitrogens with one attached hydrogen (secondary N) is 1. The van der Waals surface area contributed by atoms with Gasteiger partial charge in [-0.25, -0.2) is 0 Å². The molecular formula is C15H9F4N3S. The number of thiophene rings is 1. The van der Waals surface area contributed by atoms with Crippen LogP contribution < -0.4 is 0 Å². The first-order valence-corrected chi connectivity index (χ1v) is 7.26. The molecule has 23 heavy (non-hydrogen) atoms. The summed E-state index contributed by atoms with van der Waals surface area (Å²) in [4.78, 5) is 4.77. The molecule has 0 atom stereocenters. The molecular weight excluding hydrogens is 330 g/mol. The van der Waals surface area contributed by atoms with E-state index in [-0.39, 0.29) is 10.8 Å². The van der Waals surface area contributed by atoms with E-state index >= 15 is 0 Å². The zero-order valence-corrected chi connectivity index (χ0v) is 12.2. The van der Waals surface area contributed by atoms with Gasteiger partial charge in [0.05, 0.1) is 11.4 Å². The molecule has 0 unspecified atom stereocenters. The number of H-pyrrole nitrogens is 1. The fourth-order valence-corrected chi connectivity index (χ4v) is 2.53. The molecule has 3 heterocycles. The maximum Gasteiger partial charge on any atom is 0.435 e. The van der Waals surface area contributed by atoms with Gasteiger partial charge in [0.25, 0.3) is 0 Å². The van der Waals surface area contributed by atoms with Gasteiger partial charge in [-0.2, -0.15) is 22.7 Å². The first-order valence-electron chi connectivity index (χ1n) is 6.44. The average molecular weight is 339 g/mol. The van der Waals surface area contributed by atoms with Crippen LogP contribution in [0.2, 0.25) is 0 Å². The van der Waals surface area contributed by atoms with Gasteiger partial charge in [0, 0.05) is 11.1 Å². The monoisotopic (exact) mass is 339 g/mol. The zero-order valence-electron chi connectivity index (χ0n) is 11.4. The summed E-state index contributed by atoms with van der Waals surface area (Å²) >= 11 is 1.00. The maximum atomic E-state index is 12.9. The lowest BCUT2D eigenvalue weighted by Crippen LogP contribution is -2.04. The Morgan fingerprint density at radius 2 is 1.91 bits per heavy atom. The molecule has 0 aliphatic heterocycles. The second kappa shape index (κ2) is 5.96. The van der Waals surface area contributed by atoms with Crippen molar-refractivity contribution in [1.29, 1.82) is 0 Å². The predicted molar refractivity (Wildman–Crippen MR) is 80.0 cm³/mol. The number of hydrogen-bond acceptors (Lipinski definition) is 3. The number of pyridine rings is 1. The van der Waals surface area contributed by atoms with Crippen LogP contribution in [-0.4, -0.2) is 15.2 Å². The summed E-state index contributed by atoms with van der Waals surface area (Å²) in [5.41, 5.74) is 0.249. The van der Waals surface area contributed by atoms with Gasteiger partial charge in [0.1, 0.15) is 0 Å². The summed E-state index contributed by atoms with van der Waals surface area (Å²) in [7, 11) is 0. The van der Waals surface area contributed by atoms with Crippen LogP contribution in [0.5, 0.6) is 0 Å². The molecule has 0 radical (unpaired) electrons. The predicted octanol–water partition coefficient (Wildman–Crippen LogP) is 4.86. The Kier molecular flexibility index (Phi) is 3.99. The number of nitrogens with zero attached hydrogens (tertiary/aromatic N) is 2. The molecule has 0 spiro atoms. The summed E-state index contributed by atoms with van der Waals surface area (Å²) in [6.45, 7) is 0. The normalized spacial score (nSPS) is 12.2.